The van der Waals surface area contributed by atoms with E-state index in [-0.39, 0.29) is 6.61 Å². The molecule has 0 unspecified atom stereocenters. The van der Waals surface area contributed by atoms with E-state index in [1.54, 1.807) is 6.08 Å². The number of unbranched alkanes of at least 4 members (excludes halogenated alkanes) is 12. The lowest BCUT2D eigenvalue weighted by Crippen LogP contribution is -1.83. The third kappa shape index (κ3) is 17.5. The van der Waals surface area contributed by atoms with E-state index in [2.05, 4.69) is 19.9 Å². The van der Waals surface area contributed by atoms with Gasteiger partial charge in [0.1, 0.15) is 0 Å². The SMILES string of the molecule is CCCCCCCCCCCCCCC/C(C)=C/C=C\CO. The summed E-state index contributed by atoms with van der Waals surface area (Å²) < 4.78 is 0. The van der Waals surface area contributed by atoms with E-state index in [1.165, 1.54) is 95.5 Å². The molecular weight excluding hydrogens is 268 g/mol. The molecule has 0 aromatic rings. The van der Waals surface area contributed by atoms with Crippen LogP contribution in [-0.4, -0.2) is 11.7 Å². The van der Waals surface area contributed by atoms with Gasteiger partial charge in [-0.25, -0.2) is 0 Å². The summed E-state index contributed by atoms with van der Waals surface area (Å²) in [6.45, 7) is 4.61. The Labute approximate surface area is 139 Å². The number of rotatable bonds is 16. The van der Waals surface area contributed by atoms with Gasteiger partial charge < -0.3 is 5.11 Å². The summed E-state index contributed by atoms with van der Waals surface area (Å²) in [5.41, 5.74) is 1.42. The second kappa shape index (κ2) is 18.5. The van der Waals surface area contributed by atoms with Gasteiger partial charge in [0.25, 0.3) is 0 Å². The van der Waals surface area contributed by atoms with Crippen molar-refractivity contribution in [2.75, 3.05) is 6.61 Å². The van der Waals surface area contributed by atoms with Gasteiger partial charge in [-0.2, -0.15) is 0 Å². The molecule has 0 spiro atoms. The first-order valence-corrected chi connectivity index (χ1v) is 9.74. The van der Waals surface area contributed by atoms with Crippen LogP contribution >= 0.6 is 0 Å². The summed E-state index contributed by atoms with van der Waals surface area (Å²) in [4.78, 5) is 0. The van der Waals surface area contributed by atoms with Crippen LogP contribution in [0.3, 0.4) is 0 Å². The highest BCUT2D eigenvalue weighted by molar-refractivity contribution is 5.10. The Morgan fingerprint density at radius 3 is 1.64 bits per heavy atom. The standard InChI is InChI=1S/C21H40O/c1-3-4-5-6-7-8-9-10-11-12-13-14-15-18-21(2)19-16-17-20-22/h16-17,19,22H,3-15,18,20H2,1-2H3/b17-16-,21-19+. The minimum absolute atomic E-state index is 0.141. The Kier molecular flexibility index (Phi) is 18.0. The van der Waals surface area contributed by atoms with Crippen LogP contribution in [0.5, 0.6) is 0 Å². The molecule has 0 fully saturated rings. The molecule has 1 nitrogen and oxygen atoms in total. The van der Waals surface area contributed by atoms with Gasteiger partial charge in [-0.05, 0) is 19.8 Å². The van der Waals surface area contributed by atoms with Crippen molar-refractivity contribution in [1.29, 1.82) is 0 Å². The molecule has 0 aliphatic rings. The molecule has 0 saturated carbocycles. The summed E-state index contributed by atoms with van der Waals surface area (Å²) in [5.74, 6) is 0. The van der Waals surface area contributed by atoms with Crippen molar-refractivity contribution in [3.63, 3.8) is 0 Å². The van der Waals surface area contributed by atoms with E-state index in [0.29, 0.717) is 0 Å². The van der Waals surface area contributed by atoms with Gasteiger partial charge in [0.05, 0.1) is 6.61 Å². The molecule has 0 radical (unpaired) electrons. The fourth-order valence-electron chi connectivity index (χ4n) is 2.80. The van der Waals surface area contributed by atoms with Crippen LogP contribution in [0.25, 0.3) is 0 Å². The third-order valence-electron chi connectivity index (χ3n) is 4.30. The molecule has 0 atom stereocenters. The van der Waals surface area contributed by atoms with E-state index >= 15 is 0 Å². The minimum atomic E-state index is 0.141. The smallest absolute Gasteiger partial charge is 0.0615 e. The number of aliphatic hydroxyl groups excluding tert-OH is 1. The molecular formula is C21H40O. The first kappa shape index (κ1) is 21.4. The van der Waals surface area contributed by atoms with Gasteiger partial charge in [-0.3, -0.25) is 0 Å². The number of hydrogen-bond donors (Lipinski definition) is 1. The second-order valence-electron chi connectivity index (χ2n) is 6.62. The summed E-state index contributed by atoms with van der Waals surface area (Å²) in [6.07, 6.45) is 25.5. The molecule has 0 amide bonds. The van der Waals surface area contributed by atoms with Crippen molar-refractivity contribution < 1.29 is 5.11 Å². The van der Waals surface area contributed by atoms with Gasteiger partial charge in [0, 0.05) is 0 Å². The molecule has 0 aromatic heterocycles. The molecule has 130 valence electrons. The highest BCUT2D eigenvalue weighted by Crippen LogP contribution is 2.14. The van der Waals surface area contributed by atoms with Crippen molar-refractivity contribution in [2.24, 2.45) is 0 Å². The predicted molar refractivity (Wildman–Crippen MR) is 100 cm³/mol. The monoisotopic (exact) mass is 308 g/mol. The van der Waals surface area contributed by atoms with Gasteiger partial charge in [-0.1, -0.05) is 108 Å². The molecule has 0 saturated heterocycles. The van der Waals surface area contributed by atoms with Crippen LogP contribution in [0.1, 0.15) is 104 Å². The van der Waals surface area contributed by atoms with Crippen LogP contribution < -0.4 is 0 Å². The molecule has 0 aromatic carbocycles. The first-order chi connectivity index (χ1) is 10.8. The van der Waals surface area contributed by atoms with E-state index in [9.17, 15) is 0 Å². The Morgan fingerprint density at radius 1 is 0.727 bits per heavy atom. The fourth-order valence-corrected chi connectivity index (χ4v) is 2.80. The first-order valence-electron chi connectivity index (χ1n) is 9.74. The highest BCUT2D eigenvalue weighted by Gasteiger charge is 1.94. The predicted octanol–water partition coefficient (Wildman–Crippen LogP) is 6.96. The van der Waals surface area contributed by atoms with Crippen molar-refractivity contribution in [1.82, 2.24) is 0 Å². The Bertz CT molecular complexity index is 265. The lowest BCUT2D eigenvalue weighted by atomic mass is 10.0. The zero-order valence-electron chi connectivity index (χ0n) is 15.3. The zero-order valence-corrected chi connectivity index (χ0v) is 15.3. The normalized spacial score (nSPS) is 12.4. The van der Waals surface area contributed by atoms with Gasteiger partial charge >= 0.3 is 0 Å². The Balaban J connectivity index is 3.17. The van der Waals surface area contributed by atoms with Crippen LogP contribution in [-0.2, 0) is 0 Å². The minimum Gasteiger partial charge on any atom is -0.392 e. The van der Waals surface area contributed by atoms with E-state index in [4.69, 9.17) is 5.11 Å². The lowest BCUT2D eigenvalue weighted by molar-refractivity contribution is 0.343. The highest BCUT2D eigenvalue weighted by atomic mass is 16.2. The summed E-state index contributed by atoms with van der Waals surface area (Å²) in [5, 5.41) is 8.66. The van der Waals surface area contributed by atoms with Gasteiger partial charge in [0.15, 0.2) is 0 Å². The average molecular weight is 309 g/mol. The Morgan fingerprint density at radius 2 is 1.18 bits per heavy atom. The lowest BCUT2D eigenvalue weighted by Gasteiger charge is -2.03. The molecule has 0 aliphatic heterocycles. The average Bonchev–Trinajstić information content (AvgIpc) is 2.52. The molecule has 1 heteroatoms. The third-order valence-corrected chi connectivity index (χ3v) is 4.30. The summed E-state index contributed by atoms with van der Waals surface area (Å²) in [7, 11) is 0. The van der Waals surface area contributed by atoms with Crippen LogP contribution in [0, 0.1) is 0 Å². The molecule has 0 aliphatic carbocycles. The van der Waals surface area contributed by atoms with Crippen molar-refractivity contribution in [3.05, 3.63) is 23.8 Å². The maximum absolute atomic E-state index is 8.66. The van der Waals surface area contributed by atoms with Crippen LogP contribution in [0.15, 0.2) is 23.8 Å². The topological polar surface area (TPSA) is 20.2 Å². The quantitative estimate of drug-likeness (QED) is 0.241. The Hall–Kier alpha value is -0.560. The number of hydrogen-bond acceptors (Lipinski definition) is 1. The molecule has 22 heavy (non-hydrogen) atoms. The fraction of sp³-hybridized carbons (Fsp3) is 0.810. The van der Waals surface area contributed by atoms with Crippen LogP contribution in [0.4, 0.5) is 0 Å². The largest absolute Gasteiger partial charge is 0.392 e. The molecule has 1 N–H and O–H groups in total. The maximum Gasteiger partial charge on any atom is 0.0615 e. The number of allylic oxidation sites excluding steroid dienone is 3. The number of aliphatic hydroxyl groups is 1. The van der Waals surface area contributed by atoms with E-state index in [1.807, 2.05) is 6.08 Å². The van der Waals surface area contributed by atoms with Gasteiger partial charge in [-0.15, -0.1) is 0 Å². The second-order valence-corrected chi connectivity index (χ2v) is 6.62. The van der Waals surface area contributed by atoms with Crippen LogP contribution in [0.2, 0.25) is 0 Å². The van der Waals surface area contributed by atoms with Crippen molar-refractivity contribution in [3.8, 4) is 0 Å². The molecule has 0 bridgehead atoms. The van der Waals surface area contributed by atoms with Crippen molar-refractivity contribution >= 4 is 0 Å². The molecule has 0 rings (SSSR count). The molecule has 0 heterocycles. The zero-order chi connectivity index (χ0) is 16.3. The summed E-state index contributed by atoms with van der Waals surface area (Å²) >= 11 is 0. The van der Waals surface area contributed by atoms with E-state index in [0.717, 1.165) is 0 Å². The maximum atomic E-state index is 8.66. The van der Waals surface area contributed by atoms with E-state index < -0.39 is 0 Å². The summed E-state index contributed by atoms with van der Waals surface area (Å²) in [6, 6.07) is 0. The van der Waals surface area contributed by atoms with Crippen molar-refractivity contribution in [2.45, 2.75) is 104 Å². The van der Waals surface area contributed by atoms with Gasteiger partial charge in [0.2, 0.25) is 0 Å².